The van der Waals surface area contributed by atoms with Gasteiger partial charge < -0.3 is 0 Å². The number of carbonyl (C=O) groups excluding carboxylic acids is 2. The summed E-state index contributed by atoms with van der Waals surface area (Å²) in [7, 11) is 0. The van der Waals surface area contributed by atoms with Crippen LogP contribution < -0.4 is 0 Å². The predicted molar refractivity (Wildman–Crippen MR) is 86.5 cm³/mol. The van der Waals surface area contributed by atoms with Crippen molar-refractivity contribution in [1.29, 1.82) is 0 Å². The SMILES string of the molecule is C=CC[C@]1(C)C(=O)C=C(Sc2nc3ccccc3s2)C1=O. The third-order valence-corrected chi connectivity index (χ3v) is 5.68. The Morgan fingerprint density at radius 2 is 2.14 bits per heavy atom. The minimum atomic E-state index is -0.985. The average Bonchev–Trinajstić information content (AvgIpc) is 2.95. The molecule has 0 N–H and O–H groups in total. The highest BCUT2D eigenvalue weighted by molar-refractivity contribution is 8.05. The topological polar surface area (TPSA) is 47.0 Å². The highest BCUT2D eigenvalue weighted by Gasteiger charge is 2.45. The Labute approximate surface area is 130 Å². The molecule has 2 aromatic rings. The summed E-state index contributed by atoms with van der Waals surface area (Å²) in [5.74, 6) is -0.271. The van der Waals surface area contributed by atoms with Crippen LogP contribution >= 0.6 is 23.1 Å². The Balaban J connectivity index is 1.88. The van der Waals surface area contributed by atoms with Crippen molar-refractivity contribution in [2.24, 2.45) is 5.41 Å². The van der Waals surface area contributed by atoms with Crippen LogP contribution in [0.3, 0.4) is 0 Å². The summed E-state index contributed by atoms with van der Waals surface area (Å²) in [5.41, 5.74) is -0.0722. The molecule has 1 aliphatic carbocycles. The van der Waals surface area contributed by atoms with E-state index in [9.17, 15) is 9.59 Å². The van der Waals surface area contributed by atoms with Gasteiger partial charge in [0.25, 0.3) is 0 Å². The molecule has 0 saturated carbocycles. The molecule has 1 aromatic carbocycles. The Bertz CT molecular complexity index is 757. The van der Waals surface area contributed by atoms with Gasteiger partial charge in [-0.1, -0.05) is 30.0 Å². The standard InChI is InChI=1S/C16H13NO2S2/c1-3-8-16(2)13(18)9-12(14(16)19)21-15-17-10-6-4-5-7-11(10)20-15/h3-7,9H,1,8H2,2H3/t16-/m1/s1. The van der Waals surface area contributed by atoms with Crippen molar-refractivity contribution in [3.8, 4) is 0 Å². The summed E-state index contributed by atoms with van der Waals surface area (Å²) in [4.78, 5) is 29.5. The maximum absolute atomic E-state index is 12.5. The molecule has 3 rings (SSSR count). The van der Waals surface area contributed by atoms with E-state index in [4.69, 9.17) is 0 Å². The van der Waals surface area contributed by atoms with Crippen LogP contribution in [0.1, 0.15) is 13.3 Å². The van der Waals surface area contributed by atoms with Crippen molar-refractivity contribution in [1.82, 2.24) is 4.98 Å². The molecular formula is C16H13NO2S2. The molecule has 0 amide bonds. The zero-order valence-electron chi connectivity index (χ0n) is 11.5. The highest BCUT2D eigenvalue weighted by Crippen LogP contribution is 2.43. The number of allylic oxidation sites excluding steroid dienone is 3. The number of thioether (sulfide) groups is 1. The molecule has 3 nitrogen and oxygen atoms in total. The summed E-state index contributed by atoms with van der Waals surface area (Å²) in [5, 5.41) is 0. The molecule has 5 heteroatoms. The summed E-state index contributed by atoms with van der Waals surface area (Å²) >= 11 is 2.81. The van der Waals surface area contributed by atoms with Gasteiger partial charge in [-0.25, -0.2) is 4.98 Å². The monoisotopic (exact) mass is 315 g/mol. The molecule has 0 spiro atoms. The number of ketones is 2. The molecule has 1 aromatic heterocycles. The lowest BCUT2D eigenvalue weighted by atomic mass is 9.82. The van der Waals surface area contributed by atoms with Gasteiger partial charge in [-0.2, -0.15) is 0 Å². The van der Waals surface area contributed by atoms with E-state index in [0.29, 0.717) is 11.3 Å². The van der Waals surface area contributed by atoms with Crippen molar-refractivity contribution < 1.29 is 9.59 Å². The van der Waals surface area contributed by atoms with Crippen LogP contribution in [0.4, 0.5) is 0 Å². The number of thiazole rings is 1. The Morgan fingerprint density at radius 1 is 1.38 bits per heavy atom. The molecule has 0 saturated heterocycles. The third-order valence-electron chi connectivity index (χ3n) is 3.56. The fraction of sp³-hybridized carbons (Fsp3) is 0.188. The second kappa shape index (κ2) is 5.24. The Hall–Kier alpha value is -1.72. The first-order valence-electron chi connectivity index (χ1n) is 6.50. The molecule has 1 heterocycles. The lowest BCUT2D eigenvalue weighted by Gasteiger charge is -2.18. The second-order valence-electron chi connectivity index (χ2n) is 5.08. The van der Waals surface area contributed by atoms with E-state index >= 15 is 0 Å². The van der Waals surface area contributed by atoms with Crippen LogP contribution in [0.5, 0.6) is 0 Å². The smallest absolute Gasteiger partial charge is 0.183 e. The number of hydrogen-bond acceptors (Lipinski definition) is 5. The molecule has 1 aliphatic rings. The van der Waals surface area contributed by atoms with Crippen LogP contribution in [0.15, 0.2) is 52.2 Å². The van der Waals surface area contributed by atoms with Crippen LogP contribution in [0, 0.1) is 5.41 Å². The quantitative estimate of drug-likeness (QED) is 0.632. The van der Waals surface area contributed by atoms with Crippen LogP contribution in [0.2, 0.25) is 0 Å². The first-order valence-corrected chi connectivity index (χ1v) is 8.13. The lowest BCUT2D eigenvalue weighted by molar-refractivity contribution is -0.132. The maximum Gasteiger partial charge on any atom is 0.183 e. The summed E-state index contributed by atoms with van der Waals surface area (Å²) in [6.07, 6.45) is 3.43. The molecule has 0 fully saturated rings. The van der Waals surface area contributed by atoms with Crippen molar-refractivity contribution in [2.45, 2.75) is 17.7 Å². The number of carbonyl (C=O) groups is 2. The van der Waals surface area contributed by atoms with Crippen molar-refractivity contribution in [3.05, 3.63) is 47.9 Å². The normalized spacial score (nSPS) is 21.9. The summed E-state index contributed by atoms with van der Waals surface area (Å²) in [6, 6.07) is 7.82. The fourth-order valence-electron chi connectivity index (χ4n) is 2.27. The first kappa shape index (κ1) is 14.2. The third kappa shape index (κ3) is 2.36. The number of hydrogen-bond donors (Lipinski definition) is 0. The number of benzene rings is 1. The molecular weight excluding hydrogens is 302 g/mol. The van der Waals surface area contributed by atoms with E-state index in [2.05, 4.69) is 11.6 Å². The minimum Gasteiger partial charge on any atom is -0.294 e. The van der Waals surface area contributed by atoms with E-state index in [1.807, 2.05) is 24.3 Å². The molecule has 0 bridgehead atoms. The van der Waals surface area contributed by atoms with Gasteiger partial charge in [0.1, 0.15) is 0 Å². The van der Waals surface area contributed by atoms with Gasteiger partial charge in [0.2, 0.25) is 0 Å². The zero-order valence-corrected chi connectivity index (χ0v) is 13.1. The second-order valence-corrected chi connectivity index (χ2v) is 7.40. The van der Waals surface area contributed by atoms with Gasteiger partial charge in [0, 0.05) is 0 Å². The number of rotatable bonds is 4. The largest absolute Gasteiger partial charge is 0.294 e. The van der Waals surface area contributed by atoms with Crippen LogP contribution in [0.25, 0.3) is 10.2 Å². The number of nitrogens with zero attached hydrogens (tertiary/aromatic N) is 1. The van der Waals surface area contributed by atoms with Crippen molar-refractivity contribution in [3.63, 3.8) is 0 Å². The van der Waals surface area contributed by atoms with Gasteiger partial charge in [0.05, 0.1) is 20.5 Å². The minimum absolute atomic E-state index is 0.128. The van der Waals surface area contributed by atoms with E-state index < -0.39 is 5.41 Å². The van der Waals surface area contributed by atoms with Gasteiger partial charge in [-0.05, 0) is 31.6 Å². The number of para-hydroxylation sites is 1. The first-order chi connectivity index (χ1) is 10.0. The molecule has 21 heavy (non-hydrogen) atoms. The van der Waals surface area contributed by atoms with Crippen LogP contribution in [-0.4, -0.2) is 16.6 Å². The van der Waals surface area contributed by atoms with Gasteiger partial charge in [-0.3, -0.25) is 9.59 Å². The van der Waals surface area contributed by atoms with Crippen molar-refractivity contribution >= 4 is 44.9 Å². The van der Waals surface area contributed by atoms with Gasteiger partial charge in [0.15, 0.2) is 15.9 Å². The van der Waals surface area contributed by atoms with Crippen LogP contribution in [-0.2, 0) is 9.59 Å². The van der Waals surface area contributed by atoms with Crippen molar-refractivity contribution in [2.75, 3.05) is 0 Å². The summed E-state index contributed by atoms with van der Waals surface area (Å²) < 4.78 is 1.86. The van der Waals surface area contributed by atoms with E-state index in [1.54, 1.807) is 13.0 Å². The number of fused-ring (bicyclic) bond motifs is 1. The van der Waals surface area contributed by atoms with E-state index in [1.165, 1.54) is 29.2 Å². The number of aromatic nitrogens is 1. The fourth-order valence-corrected chi connectivity index (χ4v) is 4.49. The average molecular weight is 315 g/mol. The Morgan fingerprint density at radius 3 is 2.86 bits per heavy atom. The molecule has 1 atom stereocenters. The van der Waals surface area contributed by atoms with E-state index in [0.717, 1.165) is 14.6 Å². The Kier molecular flexibility index (Phi) is 3.55. The lowest BCUT2D eigenvalue weighted by Crippen LogP contribution is -2.30. The predicted octanol–water partition coefficient (Wildman–Crippen LogP) is 4.01. The maximum atomic E-state index is 12.5. The highest BCUT2D eigenvalue weighted by atomic mass is 32.2. The van der Waals surface area contributed by atoms with Gasteiger partial charge in [-0.15, -0.1) is 17.9 Å². The molecule has 0 radical (unpaired) electrons. The van der Waals surface area contributed by atoms with Gasteiger partial charge >= 0.3 is 0 Å². The molecule has 106 valence electrons. The summed E-state index contributed by atoms with van der Waals surface area (Å²) in [6.45, 7) is 5.31. The van der Waals surface area contributed by atoms with E-state index in [-0.39, 0.29) is 11.6 Å². The zero-order chi connectivity index (χ0) is 15.0. The molecule has 0 aliphatic heterocycles. The molecule has 0 unspecified atom stereocenters. The number of Topliss-reactive ketones (excluding diaryl/α,β-unsaturated/α-hetero) is 1.